The number of amides is 1. The van der Waals surface area contributed by atoms with Crippen LogP contribution < -0.4 is 4.90 Å². The van der Waals surface area contributed by atoms with Gasteiger partial charge in [0.05, 0.1) is 25.2 Å². The van der Waals surface area contributed by atoms with Crippen LogP contribution in [0.1, 0.15) is 22.3 Å². The molecule has 1 aromatic rings. The number of rotatable bonds is 8. The minimum absolute atomic E-state index is 0.00410. The van der Waals surface area contributed by atoms with Crippen molar-refractivity contribution < 1.29 is 24.2 Å². The Morgan fingerprint density at radius 2 is 2.14 bits per heavy atom. The largest absolute Gasteiger partial charge is 0.478 e. The molecule has 21 heavy (non-hydrogen) atoms. The highest BCUT2D eigenvalue weighted by Gasteiger charge is 2.27. The van der Waals surface area contributed by atoms with E-state index in [1.54, 1.807) is 24.1 Å². The normalized spacial score (nSPS) is 13.6. The van der Waals surface area contributed by atoms with E-state index in [1.165, 1.54) is 6.07 Å². The molecule has 1 aliphatic heterocycles. The lowest BCUT2D eigenvalue weighted by atomic mass is 10.1. The topological polar surface area (TPSA) is 76.1 Å². The van der Waals surface area contributed by atoms with Crippen molar-refractivity contribution in [3.63, 3.8) is 0 Å². The van der Waals surface area contributed by atoms with Crippen molar-refractivity contribution in [3.8, 4) is 0 Å². The lowest BCUT2D eigenvalue weighted by molar-refractivity contribution is -0.117. The van der Waals surface area contributed by atoms with Crippen LogP contribution in [0.4, 0.5) is 5.69 Å². The minimum atomic E-state index is -0.977. The number of carbonyl (C=O) groups is 2. The highest BCUT2D eigenvalue weighted by molar-refractivity contribution is 6.02. The number of carbonyl (C=O) groups excluding carboxylic acids is 1. The molecule has 0 fully saturated rings. The second kappa shape index (κ2) is 7.19. The van der Waals surface area contributed by atoms with Crippen LogP contribution in [0.25, 0.3) is 0 Å². The van der Waals surface area contributed by atoms with Gasteiger partial charge in [0, 0.05) is 25.9 Å². The molecule has 1 aliphatic rings. The van der Waals surface area contributed by atoms with E-state index < -0.39 is 5.97 Å². The number of hydrogen-bond acceptors (Lipinski definition) is 4. The molecule has 0 aliphatic carbocycles. The minimum Gasteiger partial charge on any atom is -0.478 e. The Labute approximate surface area is 123 Å². The van der Waals surface area contributed by atoms with E-state index in [1.807, 2.05) is 0 Å². The fourth-order valence-corrected chi connectivity index (χ4v) is 2.33. The van der Waals surface area contributed by atoms with Gasteiger partial charge in [0.25, 0.3) is 0 Å². The maximum absolute atomic E-state index is 12.0. The van der Waals surface area contributed by atoms with Gasteiger partial charge in [-0.1, -0.05) is 0 Å². The quantitative estimate of drug-likeness (QED) is 0.732. The summed E-state index contributed by atoms with van der Waals surface area (Å²) in [4.78, 5) is 24.6. The first-order valence-corrected chi connectivity index (χ1v) is 6.86. The monoisotopic (exact) mass is 293 g/mol. The van der Waals surface area contributed by atoms with Crippen LogP contribution in [0.2, 0.25) is 0 Å². The van der Waals surface area contributed by atoms with Crippen LogP contribution in [-0.2, 0) is 20.7 Å². The molecular formula is C15H19NO5. The number of carboxylic acid groups (broad SMARTS) is 1. The first kappa shape index (κ1) is 15.5. The summed E-state index contributed by atoms with van der Waals surface area (Å²) in [5, 5.41) is 8.97. The van der Waals surface area contributed by atoms with E-state index in [-0.39, 0.29) is 17.9 Å². The molecule has 0 bridgehead atoms. The molecule has 1 aromatic carbocycles. The molecule has 2 rings (SSSR count). The van der Waals surface area contributed by atoms with Gasteiger partial charge in [-0.05, 0) is 30.2 Å². The molecule has 0 saturated carbocycles. The second-order valence-electron chi connectivity index (χ2n) is 4.83. The molecule has 0 atom stereocenters. The predicted molar refractivity (Wildman–Crippen MR) is 76.8 cm³/mol. The summed E-state index contributed by atoms with van der Waals surface area (Å²) in [6.07, 6.45) is 0.997. The Bertz CT molecular complexity index is 529. The van der Waals surface area contributed by atoms with Gasteiger partial charge < -0.3 is 19.5 Å². The second-order valence-corrected chi connectivity index (χ2v) is 4.83. The Kier molecular flexibility index (Phi) is 5.30. The fourth-order valence-electron chi connectivity index (χ4n) is 2.33. The Hall–Kier alpha value is -1.92. The zero-order valence-corrected chi connectivity index (χ0v) is 12.0. The number of ether oxygens (including phenoxy) is 2. The molecule has 0 unspecified atom stereocenters. The Morgan fingerprint density at radius 3 is 2.86 bits per heavy atom. The summed E-state index contributed by atoms with van der Waals surface area (Å²) in [5.41, 5.74) is 1.80. The number of methoxy groups -OCH3 is 1. The van der Waals surface area contributed by atoms with Crippen molar-refractivity contribution in [1.29, 1.82) is 0 Å². The van der Waals surface area contributed by atoms with Crippen LogP contribution in [0, 0.1) is 0 Å². The fraction of sp³-hybridized carbons (Fsp3) is 0.467. The number of benzene rings is 1. The van der Waals surface area contributed by atoms with E-state index in [0.717, 1.165) is 17.7 Å². The van der Waals surface area contributed by atoms with Gasteiger partial charge in [0.15, 0.2) is 0 Å². The van der Waals surface area contributed by atoms with Crippen molar-refractivity contribution in [2.75, 3.05) is 38.4 Å². The number of hydrogen-bond donors (Lipinski definition) is 1. The number of carboxylic acids is 1. The van der Waals surface area contributed by atoms with Crippen LogP contribution in [-0.4, -0.2) is 50.5 Å². The van der Waals surface area contributed by atoms with Gasteiger partial charge in [-0.15, -0.1) is 0 Å². The lowest BCUT2D eigenvalue weighted by Gasteiger charge is -2.17. The van der Waals surface area contributed by atoms with Crippen molar-refractivity contribution >= 4 is 17.6 Å². The van der Waals surface area contributed by atoms with Crippen molar-refractivity contribution in [1.82, 2.24) is 0 Å². The Balaban J connectivity index is 1.91. The first-order chi connectivity index (χ1) is 10.1. The van der Waals surface area contributed by atoms with Crippen LogP contribution in [0.15, 0.2) is 18.2 Å². The Morgan fingerprint density at radius 1 is 1.33 bits per heavy atom. The van der Waals surface area contributed by atoms with E-state index in [2.05, 4.69) is 0 Å². The highest BCUT2D eigenvalue weighted by Crippen LogP contribution is 2.29. The number of anilines is 1. The maximum Gasteiger partial charge on any atom is 0.335 e. The van der Waals surface area contributed by atoms with E-state index >= 15 is 0 Å². The summed E-state index contributed by atoms with van der Waals surface area (Å²) in [5.74, 6) is -0.973. The molecule has 0 spiro atoms. The van der Waals surface area contributed by atoms with Gasteiger partial charge >= 0.3 is 5.97 Å². The molecule has 1 amide bonds. The summed E-state index contributed by atoms with van der Waals surface area (Å²) < 4.78 is 10.2. The number of aromatic carboxylic acids is 1. The molecule has 1 heterocycles. The van der Waals surface area contributed by atoms with Crippen molar-refractivity contribution in [2.24, 2.45) is 0 Å². The van der Waals surface area contributed by atoms with Gasteiger partial charge in [0.1, 0.15) is 0 Å². The molecule has 0 saturated heterocycles. The molecule has 0 aromatic heterocycles. The third-order valence-electron chi connectivity index (χ3n) is 3.36. The molecule has 114 valence electrons. The number of nitrogens with zero attached hydrogens (tertiary/aromatic N) is 1. The summed E-state index contributed by atoms with van der Waals surface area (Å²) in [6, 6.07) is 4.81. The lowest BCUT2D eigenvalue weighted by Crippen LogP contribution is -2.28. The van der Waals surface area contributed by atoms with Gasteiger partial charge in [0.2, 0.25) is 5.91 Å². The zero-order chi connectivity index (χ0) is 15.2. The molecular weight excluding hydrogens is 274 g/mol. The third kappa shape index (κ3) is 3.80. The van der Waals surface area contributed by atoms with E-state index in [9.17, 15) is 9.59 Å². The van der Waals surface area contributed by atoms with Gasteiger partial charge in [-0.3, -0.25) is 4.79 Å². The number of fused-ring (bicyclic) bond motifs is 1. The third-order valence-corrected chi connectivity index (χ3v) is 3.36. The van der Waals surface area contributed by atoms with Crippen LogP contribution in [0.3, 0.4) is 0 Å². The molecule has 0 radical (unpaired) electrons. The standard InChI is InChI=1S/C15H19NO5/c1-20-7-8-21-6-2-5-16-13-4-3-11(15(18)19)9-12(13)10-14(16)17/h3-4,9H,2,5-8,10H2,1H3,(H,18,19). The maximum atomic E-state index is 12.0. The predicted octanol–water partition coefficient (Wildman–Crippen LogP) is 1.33. The zero-order valence-electron chi connectivity index (χ0n) is 12.0. The molecule has 6 nitrogen and oxygen atoms in total. The van der Waals surface area contributed by atoms with E-state index in [4.69, 9.17) is 14.6 Å². The van der Waals surface area contributed by atoms with Crippen LogP contribution >= 0.6 is 0 Å². The molecule has 1 N–H and O–H groups in total. The summed E-state index contributed by atoms with van der Waals surface area (Å²) >= 11 is 0. The van der Waals surface area contributed by atoms with Crippen LogP contribution in [0.5, 0.6) is 0 Å². The van der Waals surface area contributed by atoms with Gasteiger partial charge in [-0.2, -0.15) is 0 Å². The highest BCUT2D eigenvalue weighted by atomic mass is 16.5. The SMILES string of the molecule is COCCOCCCN1C(=O)Cc2cc(C(=O)O)ccc21. The summed E-state index contributed by atoms with van der Waals surface area (Å²) in [7, 11) is 1.62. The smallest absolute Gasteiger partial charge is 0.335 e. The first-order valence-electron chi connectivity index (χ1n) is 6.86. The summed E-state index contributed by atoms with van der Waals surface area (Å²) in [6.45, 7) is 2.24. The van der Waals surface area contributed by atoms with Gasteiger partial charge in [-0.25, -0.2) is 4.79 Å². The average molecular weight is 293 g/mol. The van der Waals surface area contributed by atoms with Crippen molar-refractivity contribution in [2.45, 2.75) is 12.8 Å². The average Bonchev–Trinajstić information content (AvgIpc) is 2.77. The van der Waals surface area contributed by atoms with E-state index in [0.29, 0.717) is 26.4 Å². The van der Waals surface area contributed by atoms with Crippen molar-refractivity contribution in [3.05, 3.63) is 29.3 Å². The molecule has 6 heteroatoms.